The molecular formula is C10H7F4N3O. The van der Waals surface area contributed by atoms with Gasteiger partial charge >= 0.3 is 12.2 Å². The summed E-state index contributed by atoms with van der Waals surface area (Å²) < 4.78 is 55.0. The SMILES string of the molecule is Fc1cccc(Oc2ncnn2CC(F)(F)F)c1. The van der Waals surface area contributed by atoms with Crippen molar-refractivity contribution in [2.24, 2.45) is 0 Å². The number of benzene rings is 1. The van der Waals surface area contributed by atoms with Crippen LogP contribution in [0.1, 0.15) is 0 Å². The highest BCUT2D eigenvalue weighted by atomic mass is 19.4. The quantitative estimate of drug-likeness (QED) is 0.797. The molecule has 1 aromatic heterocycles. The van der Waals surface area contributed by atoms with Crippen LogP contribution >= 0.6 is 0 Å². The van der Waals surface area contributed by atoms with Crippen molar-refractivity contribution >= 4 is 0 Å². The molecule has 0 fully saturated rings. The molecule has 2 aromatic rings. The second kappa shape index (κ2) is 4.63. The largest absolute Gasteiger partial charge is 0.424 e. The molecule has 0 aliphatic rings. The van der Waals surface area contributed by atoms with Crippen LogP contribution in [0.3, 0.4) is 0 Å². The van der Waals surface area contributed by atoms with E-state index in [0.717, 1.165) is 12.4 Å². The average Bonchev–Trinajstić information content (AvgIpc) is 2.63. The summed E-state index contributed by atoms with van der Waals surface area (Å²) in [5.74, 6) is -0.513. The van der Waals surface area contributed by atoms with Crippen molar-refractivity contribution in [2.75, 3.05) is 0 Å². The lowest BCUT2D eigenvalue weighted by Crippen LogP contribution is -2.19. The Balaban J connectivity index is 2.17. The maximum Gasteiger partial charge on any atom is 0.408 e. The molecule has 0 amide bonds. The number of aromatic nitrogens is 3. The normalized spacial score (nSPS) is 11.6. The third-order valence-electron chi connectivity index (χ3n) is 1.91. The Bertz CT molecular complexity index is 538. The van der Waals surface area contributed by atoms with Crippen LogP contribution in [0, 0.1) is 5.82 Å². The molecule has 0 spiro atoms. The number of alkyl halides is 3. The van der Waals surface area contributed by atoms with Gasteiger partial charge in [0.2, 0.25) is 0 Å². The number of hydrogen-bond acceptors (Lipinski definition) is 3. The van der Waals surface area contributed by atoms with Gasteiger partial charge in [-0.3, -0.25) is 0 Å². The maximum absolute atomic E-state index is 12.9. The molecule has 1 heterocycles. The average molecular weight is 261 g/mol. The lowest BCUT2D eigenvalue weighted by Gasteiger charge is -2.09. The van der Waals surface area contributed by atoms with E-state index in [1.807, 2.05) is 0 Å². The fraction of sp³-hybridized carbons (Fsp3) is 0.200. The van der Waals surface area contributed by atoms with Gasteiger partial charge in [0.05, 0.1) is 0 Å². The summed E-state index contributed by atoms with van der Waals surface area (Å²) in [5, 5.41) is 3.39. The monoisotopic (exact) mass is 261 g/mol. The zero-order valence-electron chi connectivity index (χ0n) is 8.86. The lowest BCUT2D eigenvalue weighted by atomic mass is 10.3. The molecule has 0 unspecified atom stereocenters. The molecule has 18 heavy (non-hydrogen) atoms. The first kappa shape index (κ1) is 12.3. The van der Waals surface area contributed by atoms with Crippen LogP contribution in [0.2, 0.25) is 0 Å². The van der Waals surface area contributed by atoms with Crippen LogP contribution in [0.4, 0.5) is 17.6 Å². The predicted octanol–water partition coefficient (Wildman–Crippen LogP) is 2.77. The first-order valence-electron chi connectivity index (χ1n) is 4.82. The van der Waals surface area contributed by atoms with Crippen molar-refractivity contribution in [2.45, 2.75) is 12.7 Å². The Morgan fingerprint density at radius 1 is 1.28 bits per heavy atom. The molecule has 0 atom stereocenters. The van der Waals surface area contributed by atoms with E-state index >= 15 is 0 Å². The molecular weight excluding hydrogens is 254 g/mol. The van der Waals surface area contributed by atoms with Crippen LogP contribution < -0.4 is 4.74 Å². The molecule has 0 aliphatic carbocycles. The molecule has 4 nitrogen and oxygen atoms in total. The van der Waals surface area contributed by atoms with Crippen molar-refractivity contribution in [3.63, 3.8) is 0 Å². The van der Waals surface area contributed by atoms with E-state index < -0.39 is 18.5 Å². The molecule has 0 N–H and O–H groups in total. The zero-order chi connectivity index (χ0) is 13.2. The fourth-order valence-electron chi connectivity index (χ4n) is 1.25. The molecule has 0 saturated heterocycles. The highest BCUT2D eigenvalue weighted by molar-refractivity contribution is 5.25. The summed E-state index contributed by atoms with van der Waals surface area (Å²) >= 11 is 0. The van der Waals surface area contributed by atoms with Crippen molar-refractivity contribution in [3.05, 3.63) is 36.4 Å². The van der Waals surface area contributed by atoms with Crippen LogP contribution in [0.15, 0.2) is 30.6 Å². The Morgan fingerprint density at radius 2 is 2.06 bits per heavy atom. The van der Waals surface area contributed by atoms with E-state index in [2.05, 4.69) is 10.1 Å². The third kappa shape index (κ3) is 3.19. The first-order chi connectivity index (χ1) is 8.44. The first-order valence-corrected chi connectivity index (χ1v) is 4.82. The summed E-state index contributed by atoms with van der Waals surface area (Å²) in [4.78, 5) is 3.53. The smallest absolute Gasteiger partial charge is 0.408 e. The molecule has 96 valence electrons. The van der Waals surface area contributed by atoms with E-state index in [1.54, 1.807) is 0 Å². The second-order valence-electron chi connectivity index (χ2n) is 3.37. The van der Waals surface area contributed by atoms with Gasteiger partial charge in [-0.05, 0) is 12.1 Å². The number of rotatable bonds is 3. The summed E-state index contributed by atoms with van der Waals surface area (Å²) in [6, 6.07) is 4.64. The summed E-state index contributed by atoms with van der Waals surface area (Å²) in [6.45, 7) is -1.32. The lowest BCUT2D eigenvalue weighted by molar-refractivity contribution is -0.143. The minimum absolute atomic E-state index is 0.0476. The molecule has 0 radical (unpaired) electrons. The summed E-state index contributed by atoms with van der Waals surface area (Å²) in [5.41, 5.74) is 0. The molecule has 0 saturated carbocycles. The van der Waals surface area contributed by atoms with Gasteiger partial charge in [-0.25, -0.2) is 9.07 Å². The summed E-state index contributed by atoms with van der Waals surface area (Å²) in [6.07, 6.45) is -3.51. The number of halogens is 4. The van der Waals surface area contributed by atoms with E-state index in [0.29, 0.717) is 4.68 Å². The topological polar surface area (TPSA) is 39.9 Å². The van der Waals surface area contributed by atoms with Gasteiger partial charge in [-0.1, -0.05) is 6.07 Å². The van der Waals surface area contributed by atoms with Gasteiger partial charge in [0, 0.05) is 6.07 Å². The van der Waals surface area contributed by atoms with Crippen molar-refractivity contribution in [3.8, 4) is 11.8 Å². The second-order valence-corrected chi connectivity index (χ2v) is 3.37. The zero-order valence-corrected chi connectivity index (χ0v) is 8.86. The molecule has 8 heteroatoms. The highest BCUT2D eigenvalue weighted by Gasteiger charge is 2.30. The van der Waals surface area contributed by atoms with E-state index in [1.165, 1.54) is 18.2 Å². The minimum Gasteiger partial charge on any atom is -0.424 e. The van der Waals surface area contributed by atoms with Gasteiger partial charge in [-0.15, -0.1) is 0 Å². The van der Waals surface area contributed by atoms with Crippen molar-refractivity contribution in [1.82, 2.24) is 14.8 Å². The van der Waals surface area contributed by atoms with Gasteiger partial charge in [-0.2, -0.15) is 23.3 Å². The number of nitrogens with zero attached hydrogens (tertiary/aromatic N) is 3. The van der Waals surface area contributed by atoms with Crippen molar-refractivity contribution < 1.29 is 22.3 Å². The Hall–Kier alpha value is -2.12. The Kier molecular flexibility index (Phi) is 3.17. The standard InChI is InChI=1S/C10H7F4N3O/c11-7-2-1-3-8(4-7)18-9-15-6-16-17(9)5-10(12,13)14/h1-4,6H,5H2. The Morgan fingerprint density at radius 3 is 2.72 bits per heavy atom. The van der Waals surface area contributed by atoms with Gasteiger partial charge in [0.1, 0.15) is 24.4 Å². The molecule has 1 aromatic carbocycles. The van der Waals surface area contributed by atoms with Crippen LogP contribution in [-0.2, 0) is 6.54 Å². The number of hydrogen-bond donors (Lipinski definition) is 0. The highest BCUT2D eigenvalue weighted by Crippen LogP contribution is 2.23. The van der Waals surface area contributed by atoms with Crippen molar-refractivity contribution in [1.29, 1.82) is 0 Å². The van der Waals surface area contributed by atoms with Crippen LogP contribution in [0.5, 0.6) is 11.8 Å². The van der Waals surface area contributed by atoms with Gasteiger partial charge < -0.3 is 4.74 Å². The van der Waals surface area contributed by atoms with Crippen LogP contribution in [-0.4, -0.2) is 20.9 Å². The van der Waals surface area contributed by atoms with Gasteiger partial charge in [0.15, 0.2) is 0 Å². The van der Waals surface area contributed by atoms with E-state index in [9.17, 15) is 17.6 Å². The van der Waals surface area contributed by atoms with E-state index in [4.69, 9.17) is 4.74 Å². The molecule has 2 rings (SSSR count). The van der Waals surface area contributed by atoms with E-state index in [-0.39, 0.29) is 11.8 Å². The van der Waals surface area contributed by atoms with Gasteiger partial charge in [0.25, 0.3) is 0 Å². The third-order valence-corrected chi connectivity index (χ3v) is 1.91. The molecule has 0 aliphatic heterocycles. The predicted molar refractivity (Wildman–Crippen MR) is 52.6 cm³/mol. The minimum atomic E-state index is -4.44. The maximum atomic E-state index is 12.9. The molecule has 0 bridgehead atoms. The summed E-state index contributed by atoms with van der Waals surface area (Å²) in [7, 11) is 0. The Labute approximate surface area is 98.8 Å². The fourth-order valence-corrected chi connectivity index (χ4v) is 1.25. The van der Waals surface area contributed by atoms with Crippen LogP contribution in [0.25, 0.3) is 0 Å². The number of ether oxygens (including phenoxy) is 1.